The topological polar surface area (TPSA) is 71.8 Å². The number of benzene rings is 1. The van der Waals surface area contributed by atoms with Gasteiger partial charge in [-0.15, -0.1) is 11.3 Å². The third-order valence-corrected chi connectivity index (χ3v) is 3.56. The molecule has 0 bridgehead atoms. The van der Waals surface area contributed by atoms with Gasteiger partial charge in [-0.05, 0) is 6.07 Å². The largest absolute Gasteiger partial charge is 0.398 e. The number of aromatic nitrogens is 2. The van der Waals surface area contributed by atoms with Crippen molar-refractivity contribution in [2.24, 2.45) is 0 Å². The second-order valence-electron chi connectivity index (χ2n) is 3.24. The number of anilines is 1. The molecule has 3 N–H and O–H groups in total. The molecule has 0 radical (unpaired) electrons. The van der Waals surface area contributed by atoms with E-state index in [9.17, 15) is 4.79 Å². The van der Waals surface area contributed by atoms with Crippen molar-refractivity contribution in [1.29, 1.82) is 0 Å². The van der Waals surface area contributed by atoms with Crippen LogP contribution in [0.25, 0.3) is 20.3 Å². The molecule has 3 rings (SSSR count). The minimum atomic E-state index is -0.111. The van der Waals surface area contributed by atoms with Crippen molar-refractivity contribution in [3.8, 4) is 0 Å². The first-order valence-electron chi connectivity index (χ1n) is 4.42. The van der Waals surface area contributed by atoms with Crippen LogP contribution in [0.5, 0.6) is 0 Å². The van der Waals surface area contributed by atoms with Crippen LogP contribution in [0.3, 0.4) is 0 Å². The summed E-state index contributed by atoms with van der Waals surface area (Å²) in [6, 6.07) is 5.62. The molecule has 4 nitrogen and oxygen atoms in total. The predicted molar refractivity (Wildman–Crippen MR) is 62.2 cm³/mol. The molecule has 15 heavy (non-hydrogen) atoms. The lowest BCUT2D eigenvalue weighted by molar-refractivity contribution is 1.18. The lowest BCUT2D eigenvalue weighted by Crippen LogP contribution is -2.03. The Labute approximate surface area is 88.4 Å². The van der Waals surface area contributed by atoms with Crippen molar-refractivity contribution < 1.29 is 0 Å². The minimum absolute atomic E-state index is 0.111. The van der Waals surface area contributed by atoms with Crippen molar-refractivity contribution in [2.75, 3.05) is 5.73 Å². The second-order valence-corrected chi connectivity index (χ2v) is 4.26. The molecule has 0 unspecified atom stereocenters. The van der Waals surface area contributed by atoms with Crippen LogP contribution < -0.4 is 11.3 Å². The van der Waals surface area contributed by atoms with E-state index >= 15 is 0 Å². The van der Waals surface area contributed by atoms with Gasteiger partial charge in [0.1, 0.15) is 4.70 Å². The molecule has 0 aliphatic carbocycles. The Hall–Kier alpha value is -1.88. The molecule has 0 aliphatic heterocycles. The normalized spacial score (nSPS) is 11.2. The number of fused-ring (bicyclic) bond motifs is 3. The minimum Gasteiger partial charge on any atom is -0.398 e. The van der Waals surface area contributed by atoms with Gasteiger partial charge in [-0.1, -0.05) is 12.1 Å². The van der Waals surface area contributed by atoms with E-state index in [0.717, 1.165) is 15.6 Å². The number of aromatic amines is 1. The molecule has 74 valence electrons. The van der Waals surface area contributed by atoms with Crippen LogP contribution in [0.4, 0.5) is 5.69 Å². The highest BCUT2D eigenvalue weighted by Gasteiger charge is 2.09. The van der Waals surface area contributed by atoms with Gasteiger partial charge in [-0.2, -0.15) is 0 Å². The zero-order chi connectivity index (χ0) is 10.4. The first-order valence-corrected chi connectivity index (χ1v) is 5.23. The van der Waals surface area contributed by atoms with Crippen LogP contribution in [-0.2, 0) is 0 Å². The van der Waals surface area contributed by atoms with E-state index in [4.69, 9.17) is 5.73 Å². The smallest absolute Gasteiger partial charge is 0.268 e. The van der Waals surface area contributed by atoms with Crippen molar-refractivity contribution in [1.82, 2.24) is 9.97 Å². The summed E-state index contributed by atoms with van der Waals surface area (Å²) in [5.41, 5.74) is 7.15. The lowest BCUT2D eigenvalue weighted by Gasteiger charge is -1.92. The average molecular weight is 217 g/mol. The van der Waals surface area contributed by atoms with Crippen molar-refractivity contribution in [2.45, 2.75) is 0 Å². The monoisotopic (exact) mass is 217 g/mol. The Morgan fingerprint density at radius 1 is 1.33 bits per heavy atom. The molecule has 0 aliphatic rings. The highest BCUT2D eigenvalue weighted by Crippen LogP contribution is 2.33. The summed E-state index contributed by atoms with van der Waals surface area (Å²) >= 11 is 1.38. The number of H-pyrrole nitrogens is 1. The first kappa shape index (κ1) is 8.43. The molecular formula is C10H7N3OS. The van der Waals surface area contributed by atoms with Gasteiger partial charge in [0.2, 0.25) is 0 Å². The Balaban J connectivity index is 2.69. The summed E-state index contributed by atoms with van der Waals surface area (Å²) in [6.07, 6.45) is 1.42. The van der Waals surface area contributed by atoms with Gasteiger partial charge in [-0.3, -0.25) is 4.79 Å². The fourth-order valence-corrected chi connectivity index (χ4v) is 2.71. The van der Waals surface area contributed by atoms with Crippen LogP contribution in [0.1, 0.15) is 0 Å². The highest BCUT2D eigenvalue weighted by molar-refractivity contribution is 7.26. The van der Waals surface area contributed by atoms with Gasteiger partial charge in [-0.25, -0.2) is 4.98 Å². The van der Waals surface area contributed by atoms with E-state index in [1.54, 1.807) is 0 Å². The average Bonchev–Trinajstić information content (AvgIpc) is 2.60. The molecule has 0 saturated carbocycles. The fourth-order valence-electron chi connectivity index (χ4n) is 1.63. The van der Waals surface area contributed by atoms with E-state index in [-0.39, 0.29) is 5.56 Å². The number of rotatable bonds is 0. The number of nitrogens with two attached hydrogens (primary N) is 1. The Bertz CT molecular complexity index is 713. The molecule has 0 atom stereocenters. The second kappa shape index (κ2) is 2.80. The van der Waals surface area contributed by atoms with Gasteiger partial charge in [0, 0.05) is 11.1 Å². The lowest BCUT2D eigenvalue weighted by atomic mass is 10.2. The molecule has 0 fully saturated rings. The maximum absolute atomic E-state index is 11.5. The van der Waals surface area contributed by atoms with Gasteiger partial charge < -0.3 is 10.7 Å². The zero-order valence-corrected chi connectivity index (χ0v) is 8.47. The number of nitrogens with one attached hydrogen (secondary N) is 1. The third kappa shape index (κ3) is 1.07. The van der Waals surface area contributed by atoms with Gasteiger partial charge in [0.05, 0.1) is 16.5 Å². The number of hydrogen-bond donors (Lipinski definition) is 2. The molecular weight excluding hydrogens is 210 g/mol. The van der Waals surface area contributed by atoms with E-state index in [0.29, 0.717) is 10.4 Å². The van der Waals surface area contributed by atoms with Crippen LogP contribution in [0, 0.1) is 0 Å². The summed E-state index contributed by atoms with van der Waals surface area (Å²) < 4.78 is 1.56. The maximum Gasteiger partial charge on any atom is 0.268 e. The number of thiophene rings is 1. The van der Waals surface area contributed by atoms with Crippen molar-refractivity contribution in [3.05, 3.63) is 34.9 Å². The van der Waals surface area contributed by atoms with Crippen LogP contribution in [-0.4, -0.2) is 9.97 Å². The van der Waals surface area contributed by atoms with Gasteiger partial charge >= 0.3 is 0 Å². The van der Waals surface area contributed by atoms with Crippen LogP contribution >= 0.6 is 11.3 Å². The van der Waals surface area contributed by atoms with Gasteiger partial charge in [0.25, 0.3) is 5.56 Å². The Kier molecular flexibility index (Phi) is 1.58. The predicted octanol–water partition coefficient (Wildman–Crippen LogP) is 1.72. The van der Waals surface area contributed by atoms with E-state index < -0.39 is 0 Å². The van der Waals surface area contributed by atoms with E-state index in [1.165, 1.54) is 17.7 Å². The van der Waals surface area contributed by atoms with Crippen molar-refractivity contribution >= 4 is 37.3 Å². The van der Waals surface area contributed by atoms with Crippen LogP contribution in [0.15, 0.2) is 29.3 Å². The first-order chi connectivity index (χ1) is 7.27. The SMILES string of the molecule is Nc1cccc2c1sc1c(=O)[nH]cnc12. The third-order valence-electron chi connectivity index (χ3n) is 2.32. The summed E-state index contributed by atoms with van der Waals surface area (Å²) in [6.45, 7) is 0. The molecule has 3 aromatic rings. The zero-order valence-electron chi connectivity index (χ0n) is 7.65. The molecule has 0 spiro atoms. The molecule has 2 heterocycles. The molecule has 1 aromatic carbocycles. The number of hydrogen-bond acceptors (Lipinski definition) is 4. The van der Waals surface area contributed by atoms with E-state index in [1.807, 2.05) is 18.2 Å². The summed E-state index contributed by atoms with van der Waals surface area (Å²) in [7, 11) is 0. The standard InChI is InChI=1S/C10H7N3OS/c11-6-3-1-2-5-7-9(15-8(5)6)10(14)13-4-12-7/h1-4H,11H2,(H,12,13,14). The maximum atomic E-state index is 11.5. The molecule has 0 saturated heterocycles. The number of nitrogens with zero attached hydrogens (tertiary/aromatic N) is 1. The Morgan fingerprint density at radius 3 is 3.07 bits per heavy atom. The molecule has 2 aromatic heterocycles. The highest BCUT2D eigenvalue weighted by atomic mass is 32.1. The Morgan fingerprint density at radius 2 is 2.20 bits per heavy atom. The van der Waals surface area contributed by atoms with Crippen molar-refractivity contribution in [3.63, 3.8) is 0 Å². The fraction of sp³-hybridized carbons (Fsp3) is 0. The van der Waals surface area contributed by atoms with Gasteiger partial charge in [0.15, 0.2) is 0 Å². The quantitative estimate of drug-likeness (QED) is 0.563. The number of nitrogen functional groups attached to an aromatic ring is 1. The summed E-state index contributed by atoms with van der Waals surface area (Å²) in [5.74, 6) is 0. The van der Waals surface area contributed by atoms with E-state index in [2.05, 4.69) is 9.97 Å². The van der Waals surface area contributed by atoms with Crippen LogP contribution in [0.2, 0.25) is 0 Å². The summed E-state index contributed by atoms with van der Waals surface area (Å²) in [5, 5.41) is 0.945. The molecule has 5 heteroatoms. The molecule has 0 amide bonds. The summed E-state index contributed by atoms with van der Waals surface area (Å²) in [4.78, 5) is 18.3.